The number of para-hydroxylation sites is 2. The summed E-state index contributed by atoms with van der Waals surface area (Å²) in [4.78, 5) is 4.47. The van der Waals surface area contributed by atoms with E-state index in [0.717, 1.165) is 11.1 Å². The molecule has 1 heterocycles. The first-order valence-electron chi connectivity index (χ1n) is 5.90. The molecule has 3 nitrogen and oxygen atoms in total. The van der Waals surface area contributed by atoms with Crippen LogP contribution in [0.2, 0.25) is 0 Å². The van der Waals surface area contributed by atoms with Crippen LogP contribution in [-0.2, 0) is 0 Å². The summed E-state index contributed by atoms with van der Waals surface area (Å²) in [6, 6.07) is 8.76. The zero-order chi connectivity index (χ0) is 12.4. The molecule has 2 aromatic rings. The summed E-state index contributed by atoms with van der Waals surface area (Å²) in [5.41, 5.74) is 1.77. The Bertz CT molecular complexity index is 452. The Kier molecular flexibility index (Phi) is 3.74. The molecule has 1 aromatic carbocycles. The van der Waals surface area contributed by atoms with Gasteiger partial charge < -0.3 is 4.42 Å². The van der Waals surface area contributed by atoms with Crippen LogP contribution >= 0.6 is 11.9 Å². The van der Waals surface area contributed by atoms with Crippen molar-refractivity contribution in [1.29, 1.82) is 0 Å². The fourth-order valence-corrected chi connectivity index (χ4v) is 2.66. The van der Waals surface area contributed by atoms with Crippen LogP contribution in [-0.4, -0.2) is 21.4 Å². The zero-order valence-electron chi connectivity index (χ0n) is 10.7. The Labute approximate surface area is 106 Å². The molecule has 0 atom stereocenters. The van der Waals surface area contributed by atoms with Crippen molar-refractivity contribution in [3.8, 4) is 0 Å². The van der Waals surface area contributed by atoms with Gasteiger partial charge in [0.15, 0.2) is 5.58 Å². The third-order valence-electron chi connectivity index (χ3n) is 2.48. The summed E-state index contributed by atoms with van der Waals surface area (Å²) in [6.45, 7) is 8.70. The predicted octanol–water partition coefficient (Wildman–Crippen LogP) is 3.95. The molecular formula is C13H18N2OS. The fraction of sp³-hybridized carbons (Fsp3) is 0.462. The minimum atomic E-state index is 0.454. The summed E-state index contributed by atoms with van der Waals surface area (Å²) in [6.07, 6.45) is 0. The van der Waals surface area contributed by atoms with Gasteiger partial charge in [0.25, 0.3) is 5.22 Å². The van der Waals surface area contributed by atoms with Crippen molar-refractivity contribution in [2.45, 2.75) is 45.0 Å². The fourth-order valence-electron chi connectivity index (χ4n) is 1.79. The van der Waals surface area contributed by atoms with E-state index in [9.17, 15) is 0 Å². The van der Waals surface area contributed by atoms with Crippen molar-refractivity contribution in [3.05, 3.63) is 24.3 Å². The molecule has 0 aliphatic carbocycles. The summed E-state index contributed by atoms with van der Waals surface area (Å²) in [5.74, 6) is 0. The summed E-state index contributed by atoms with van der Waals surface area (Å²) in [5, 5.41) is 0.716. The lowest BCUT2D eigenvalue weighted by Crippen LogP contribution is -2.30. The van der Waals surface area contributed by atoms with Gasteiger partial charge in [-0.2, -0.15) is 0 Å². The number of oxazole rings is 1. The Morgan fingerprint density at radius 3 is 2.35 bits per heavy atom. The number of benzene rings is 1. The molecule has 0 spiro atoms. The van der Waals surface area contributed by atoms with E-state index < -0.39 is 0 Å². The number of aromatic nitrogens is 1. The number of hydrogen-bond donors (Lipinski definition) is 0. The molecule has 17 heavy (non-hydrogen) atoms. The lowest BCUT2D eigenvalue weighted by Gasteiger charge is -2.27. The van der Waals surface area contributed by atoms with Crippen molar-refractivity contribution < 1.29 is 4.42 Å². The van der Waals surface area contributed by atoms with Gasteiger partial charge in [0.2, 0.25) is 0 Å². The maximum atomic E-state index is 5.71. The van der Waals surface area contributed by atoms with Crippen molar-refractivity contribution in [2.24, 2.45) is 0 Å². The van der Waals surface area contributed by atoms with Gasteiger partial charge in [-0.15, -0.1) is 0 Å². The van der Waals surface area contributed by atoms with E-state index >= 15 is 0 Å². The molecular weight excluding hydrogens is 232 g/mol. The number of fused-ring (bicyclic) bond motifs is 1. The van der Waals surface area contributed by atoms with Crippen LogP contribution in [0.25, 0.3) is 11.1 Å². The van der Waals surface area contributed by atoms with Crippen LogP contribution in [0.1, 0.15) is 27.7 Å². The summed E-state index contributed by atoms with van der Waals surface area (Å²) in [7, 11) is 0. The van der Waals surface area contributed by atoms with E-state index in [1.165, 1.54) is 0 Å². The number of hydrogen-bond acceptors (Lipinski definition) is 4. The molecule has 0 fully saturated rings. The number of nitrogens with zero attached hydrogens (tertiary/aromatic N) is 2. The van der Waals surface area contributed by atoms with E-state index in [4.69, 9.17) is 4.42 Å². The molecule has 92 valence electrons. The van der Waals surface area contributed by atoms with Crippen LogP contribution in [0.4, 0.5) is 0 Å². The predicted molar refractivity (Wildman–Crippen MR) is 72.0 cm³/mol. The van der Waals surface area contributed by atoms with Gasteiger partial charge in [-0.3, -0.25) is 0 Å². The van der Waals surface area contributed by atoms with Crippen LogP contribution in [0, 0.1) is 0 Å². The number of rotatable bonds is 4. The second-order valence-electron chi connectivity index (χ2n) is 4.59. The summed E-state index contributed by atoms with van der Waals surface area (Å²) < 4.78 is 7.99. The average molecular weight is 250 g/mol. The minimum absolute atomic E-state index is 0.454. The normalized spacial score (nSPS) is 12.2. The van der Waals surface area contributed by atoms with Gasteiger partial charge in [0.1, 0.15) is 5.52 Å². The zero-order valence-corrected chi connectivity index (χ0v) is 11.5. The second-order valence-corrected chi connectivity index (χ2v) is 5.54. The van der Waals surface area contributed by atoms with Crippen molar-refractivity contribution in [3.63, 3.8) is 0 Å². The molecule has 0 aliphatic heterocycles. The van der Waals surface area contributed by atoms with Crippen LogP contribution in [0.15, 0.2) is 33.9 Å². The molecule has 0 N–H and O–H groups in total. The third-order valence-corrected chi connectivity index (χ3v) is 3.86. The largest absolute Gasteiger partial charge is 0.430 e. The Balaban J connectivity index is 2.22. The first-order valence-corrected chi connectivity index (χ1v) is 6.67. The van der Waals surface area contributed by atoms with Gasteiger partial charge in [-0.25, -0.2) is 9.29 Å². The lowest BCUT2D eigenvalue weighted by molar-refractivity contribution is 0.328. The molecule has 0 radical (unpaired) electrons. The SMILES string of the molecule is CC(C)N(Sc1nc2ccccc2o1)C(C)C. The molecule has 0 saturated heterocycles. The highest BCUT2D eigenvalue weighted by molar-refractivity contribution is 7.96. The van der Waals surface area contributed by atoms with Gasteiger partial charge in [-0.1, -0.05) is 12.1 Å². The van der Waals surface area contributed by atoms with Gasteiger partial charge in [-0.05, 0) is 39.8 Å². The third kappa shape index (κ3) is 2.82. The molecule has 1 aromatic heterocycles. The van der Waals surface area contributed by atoms with Gasteiger partial charge in [0.05, 0.1) is 0 Å². The van der Waals surface area contributed by atoms with Crippen molar-refractivity contribution in [2.75, 3.05) is 0 Å². The molecule has 2 rings (SSSR count). The van der Waals surface area contributed by atoms with Crippen molar-refractivity contribution in [1.82, 2.24) is 9.29 Å². The van der Waals surface area contributed by atoms with E-state index in [2.05, 4.69) is 37.0 Å². The van der Waals surface area contributed by atoms with Gasteiger partial charge in [0, 0.05) is 24.0 Å². The monoisotopic (exact) mass is 250 g/mol. The molecule has 0 unspecified atom stereocenters. The molecule has 0 saturated carbocycles. The first kappa shape index (κ1) is 12.5. The van der Waals surface area contributed by atoms with Crippen molar-refractivity contribution >= 4 is 23.0 Å². The topological polar surface area (TPSA) is 29.3 Å². The highest BCUT2D eigenvalue weighted by Crippen LogP contribution is 2.29. The second kappa shape index (κ2) is 5.10. The van der Waals surface area contributed by atoms with E-state index in [0.29, 0.717) is 17.3 Å². The Hall–Kier alpha value is -1.00. The van der Waals surface area contributed by atoms with E-state index in [1.54, 1.807) is 11.9 Å². The highest BCUT2D eigenvalue weighted by atomic mass is 32.2. The van der Waals surface area contributed by atoms with E-state index in [-0.39, 0.29) is 0 Å². The molecule has 0 aliphatic rings. The van der Waals surface area contributed by atoms with Crippen LogP contribution in [0.5, 0.6) is 0 Å². The van der Waals surface area contributed by atoms with E-state index in [1.807, 2.05) is 24.3 Å². The minimum Gasteiger partial charge on any atom is -0.430 e. The Morgan fingerprint density at radius 2 is 1.76 bits per heavy atom. The Morgan fingerprint density at radius 1 is 1.12 bits per heavy atom. The standard InChI is InChI=1S/C13H18N2OS/c1-9(2)15(10(3)4)17-13-14-11-7-5-6-8-12(11)16-13/h5-10H,1-4H3. The van der Waals surface area contributed by atoms with Gasteiger partial charge >= 0.3 is 0 Å². The first-order chi connectivity index (χ1) is 8.08. The maximum Gasteiger partial charge on any atom is 0.272 e. The maximum absolute atomic E-state index is 5.71. The van der Waals surface area contributed by atoms with Crippen LogP contribution < -0.4 is 0 Å². The highest BCUT2D eigenvalue weighted by Gasteiger charge is 2.18. The molecule has 0 bridgehead atoms. The quantitative estimate of drug-likeness (QED) is 0.768. The average Bonchev–Trinajstić information content (AvgIpc) is 2.67. The molecule has 4 heteroatoms. The lowest BCUT2D eigenvalue weighted by atomic mass is 10.3. The molecule has 0 amide bonds. The smallest absolute Gasteiger partial charge is 0.272 e. The van der Waals surface area contributed by atoms with Crippen LogP contribution in [0.3, 0.4) is 0 Å². The summed E-state index contributed by atoms with van der Waals surface area (Å²) >= 11 is 1.59.